The first-order chi connectivity index (χ1) is 10.8. The van der Waals surface area contributed by atoms with Crippen molar-refractivity contribution in [1.82, 2.24) is 4.90 Å². The van der Waals surface area contributed by atoms with Gasteiger partial charge in [0, 0.05) is 0 Å². The first kappa shape index (κ1) is 25.2. The highest BCUT2D eigenvalue weighted by Gasteiger charge is 1.99. The SMILES string of the molecule is CCCCCCCCCCN(C)CCCCCCCCCC.O. The van der Waals surface area contributed by atoms with Gasteiger partial charge >= 0.3 is 0 Å². The molecule has 0 saturated carbocycles. The van der Waals surface area contributed by atoms with Crippen molar-refractivity contribution < 1.29 is 5.48 Å². The van der Waals surface area contributed by atoms with Gasteiger partial charge in [0.15, 0.2) is 0 Å². The molecule has 0 aliphatic rings. The Morgan fingerprint density at radius 3 is 1.00 bits per heavy atom. The van der Waals surface area contributed by atoms with Crippen LogP contribution in [0, 0.1) is 0 Å². The van der Waals surface area contributed by atoms with Crippen molar-refractivity contribution in [1.29, 1.82) is 0 Å². The molecule has 0 saturated heterocycles. The Balaban J connectivity index is 0. The van der Waals surface area contributed by atoms with Crippen LogP contribution in [0.1, 0.15) is 117 Å². The summed E-state index contributed by atoms with van der Waals surface area (Å²) < 4.78 is 0. The molecule has 2 nitrogen and oxygen atoms in total. The van der Waals surface area contributed by atoms with Crippen molar-refractivity contribution in [3.8, 4) is 0 Å². The van der Waals surface area contributed by atoms with Crippen LogP contribution in [0.4, 0.5) is 0 Å². The topological polar surface area (TPSA) is 34.7 Å². The van der Waals surface area contributed by atoms with E-state index in [0.717, 1.165) is 0 Å². The van der Waals surface area contributed by atoms with Crippen molar-refractivity contribution >= 4 is 0 Å². The second-order valence-corrected chi connectivity index (χ2v) is 7.25. The van der Waals surface area contributed by atoms with E-state index in [9.17, 15) is 0 Å². The Hall–Kier alpha value is -0.0800. The van der Waals surface area contributed by atoms with Gasteiger partial charge in [0.2, 0.25) is 0 Å². The number of hydrogen-bond acceptors (Lipinski definition) is 1. The van der Waals surface area contributed by atoms with E-state index in [1.165, 1.54) is 116 Å². The van der Waals surface area contributed by atoms with Crippen LogP contribution in [0.5, 0.6) is 0 Å². The van der Waals surface area contributed by atoms with E-state index in [4.69, 9.17) is 0 Å². The predicted octanol–water partition coefficient (Wildman–Crippen LogP) is 6.37. The fourth-order valence-electron chi connectivity index (χ4n) is 3.14. The van der Waals surface area contributed by atoms with Gasteiger partial charge in [0.1, 0.15) is 0 Å². The van der Waals surface area contributed by atoms with Gasteiger partial charge < -0.3 is 10.4 Å². The minimum absolute atomic E-state index is 0. The summed E-state index contributed by atoms with van der Waals surface area (Å²) in [5.74, 6) is 0. The highest BCUT2D eigenvalue weighted by molar-refractivity contribution is 4.54. The van der Waals surface area contributed by atoms with Crippen LogP contribution >= 0.6 is 0 Å². The molecule has 0 bridgehead atoms. The molecule has 0 aromatic heterocycles. The molecule has 0 unspecified atom stereocenters. The Morgan fingerprint density at radius 2 is 0.696 bits per heavy atom. The summed E-state index contributed by atoms with van der Waals surface area (Å²) in [4.78, 5) is 2.55. The maximum Gasteiger partial charge on any atom is -0.00218 e. The van der Waals surface area contributed by atoms with Crippen LogP contribution in [-0.2, 0) is 0 Å². The number of hydrogen-bond donors (Lipinski definition) is 0. The summed E-state index contributed by atoms with van der Waals surface area (Å²) >= 11 is 0. The summed E-state index contributed by atoms with van der Waals surface area (Å²) in [7, 11) is 2.31. The zero-order valence-corrected chi connectivity index (χ0v) is 16.7. The third kappa shape index (κ3) is 21.9. The third-order valence-corrected chi connectivity index (χ3v) is 4.79. The zero-order valence-electron chi connectivity index (χ0n) is 16.7. The fraction of sp³-hybridized carbons (Fsp3) is 1.00. The van der Waals surface area contributed by atoms with Crippen molar-refractivity contribution in [2.24, 2.45) is 0 Å². The third-order valence-electron chi connectivity index (χ3n) is 4.79. The van der Waals surface area contributed by atoms with Crippen LogP contribution in [0.2, 0.25) is 0 Å². The number of nitrogens with zero attached hydrogens (tertiary/aromatic N) is 1. The lowest BCUT2D eigenvalue weighted by Gasteiger charge is -2.16. The molecule has 0 aromatic carbocycles. The molecule has 0 fully saturated rings. The second kappa shape index (κ2) is 21.9. The van der Waals surface area contributed by atoms with Crippen LogP contribution in [-0.4, -0.2) is 30.5 Å². The van der Waals surface area contributed by atoms with Crippen molar-refractivity contribution in [3.63, 3.8) is 0 Å². The van der Waals surface area contributed by atoms with Crippen LogP contribution in [0.15, 0.2) is 0 Å². The lowest BCUT2D eigenvalue weighted by Crippen LogP contribution is -2.20. The first-order valence-electron chi connectivity index (χ1n) is 10.5. The quantitative estimate of drug-likeness (QED) is 0.269. The summed E-state index contributed by atoms with van der Waals surface area (Å²) in [5, 5.41) is 0. The molecule has 0 spiro atoms. The van der Waals surface area contributed by atoms with Gasteiger partial charge in [-0.15, -0.1) is 0 Å². The molecule has 0 atom stereocenters. The Labute approximate surface area is 147 Å². The molecular formula is C21H47NO. The summed E-state index contributed by atoms with van der Waals surface area (Å²) in [5.41, 5.74) is 0. The highest BCUT2D eigenvalue weighted by atomic mass is 16.0. The monoisotopic (exact) mass is 329 g/mol. The van der Waals surface area contributed by atoms with Crippen LogP contribution < -0.4 is 0 Å². The lowest BCUT2D eigenvalue weighted by molar-refractivity contribution is 0.314. The highest BCUT2D eigenvalue weighted by Crippen LogP contribution is 2.10. The first-order valence-corrected chi connectivity index (χ1v) is 10.5. The average molecular weight is 330 g/mol. The summed E-state index contributed by atoms with van der Waals surface area (Å²) in [6, 6.07) is 0. The average Bonchev–Trinajstić information content (AvgIpc) is 2.52. The minimum atomic E-state index is 0. The maximum absolute atomic E-state index is 2.55. The standard InChI is InChI=1S/C21H45N.H2O/c1-4-6-8-10-12-14-16-18-20-22(3)21-19-17-15-13-11-9-7-5-2;/h4-21H2,1-3H3;1H2. The predicted molar refractivity (Wildman–Crippen MR) is 106 cm³/mol. The van der Waals surface area contributed by atoms with Gasteiger partial charge in [-0.3, -0.25) is 0 Å². The van der Waals surface area contributed by atoms with Crippen LogP contribution in [0.25, 0.3) is 0 Å². The van der Waals surface area contributed by atoms with Gasteiger partial charge in [-0.05, 0) is 33.0 Å². The van der Waals surface area contributed by atoms with E-state index in [1.54, 1.807) is 0 Å². The smallest absolute Gasteiger partial charge is 0.00218 e. The van der Waals surface area contributed by atoms with Crippen LogP contribution in [0.3, 0.4) is 0 Å². The van der Waals surface area contributed by atoms with E-state index in [2.05, 4.69) is 25.8 Å². The van der Waals surface area contributed by atoms with E-state index in [0.29, 0.717) is 0 Å². The Morgan fingerprint density at radius 1 is 0.435 bits per heavy atom. The molecule has 0 heterocycles. The molecule has 0 aromatic rings. The van der Waals surface area contributed by atoms with Crippen molar-refractivity contribution in [2.45, 2.75) is 117 Å². The largest absolute Gasteiger partial charge is 0.412 e. The normalized spacial score (nSPS) is 11.0. The molecule has 0 radical (unpaired) electrons. The maximum atomic E-state index is 2.55. The zero-order chi connectivity index (χ0) is 16.3. The molecule has 0 aliphatic carbocycles. The van der Waals surface area contributed by atoms with E-state index in [-0.39, 0.29) is 5.48 Å². The van der Waals surface area contributed by atoms with Gasteiger partial charge in [-0.2, -0.15) is 0 Å². The number of rotatable bonds is 18. The Kier molecular flexibility index (Phi) is 24.0. The van der Waals surface area contributed by atoms with Gasteiger partial charge in [0.05, 0.1) is 0 Å². The van der Waals surface area contributed by atoms with Gasteiger partial charge in [0.25, 0.3) is 0 Å². The molecule has 2 N–H and O–H groups in total. The van der Waals surface area contributed by atoms with Crippen molar-refractivity contribution in [2.75, 3.05) is 20.1 Å². The molecule has 2 heteroatoms. The molecular weight excluding hydrogens is 282 g/mol. The molecule has 0 rings (SSSR count). The van der Waals surface area contributed by atoms with E-state index < -0.39 is 0 Å². The van der Waals surface area contributed by atoms with Gasteiger partial charge in [-0.25, -0.2) is 0 Å². The minimum Gasteiger partial charge on any atom is -0.412 e. The molecule has 142 valence electrons. The second-order valence-electron chi connectivity index (χ2n) is 7.25. The van der Waals surface area contributed by atoms with Gasteiger partial charge in [-0.1, -0.05) is 104 Å². The van der Waals surface area contributed by atoms with E-state index >= 15 is 0 Å². The summed E-state index contributed by atoms with van der Waals surface area (Å²) in [6.07, 6.45) is 22.9. The van der Waals surface area contributed by atoms with Crippen molar-refractivity contribution in [3.05, 3.63) is 0 Å². The Bertz CT molecular complexity index is 176. The van der Waals surface area contributed by atoms with E-state index in [1.807, 2.05) is 0 Å². The molecule has 23 heavy (non-hydrogen) atoms. The lowest BCUT2D eigenvalue weighted by atomic mass is 10.1. The molecule has 0 aliphatic heterocycles. The number of unbranched alkanes of at least 4 members (excludes halogenated alkanes) is 14. The molecule has 0 amide bonds. The summed E-state index contributed by atoms with van der Waals surface area (Å²) in [6.45, 7) is 7.21. The fourth-order valence-corrected chi connectivity index (χ4v) is 3.14.